The van der Waals surface area contributed by atoms with Gasteiger partial charge in [0.15, 0.2) is 0 Å². The van der Waals surface area contributed by atoms with E-state index >= 15 is 0 Å². The molecule has 2 rings (SSSR count). The summed E-state index contributed by atoms with van der Waals surface area (Å²) in [5.74, 6) is 1.48. The highest BCUT2D eigenvalue weighted by molar-refractivity contribution is 5.34. The van der Waals surface area contributed by atoms with Gasteiger partial charge in [0.2, 0.25) is 0 Å². The molecule has 0 aliphatic carbocycles. The third kappa shape index (κ3) is 2.46. The highest BCUT2D eigenvalue weighted by Crippen LogP contribution is 2.26. The largest absolute Gasteiger partial charge is 0.495 e. The van der Waals surface area contributed by atoms with Crippen molar-refractivity contribution in [3.05, 3.63) is 47.8 Å². The molecule has 0 bridgehead atoms. The van der Waals surface area contributed by atoms with Crippen LogP contribution >= 0.6 is 0 Å². The molecule has 0 saturated heterocycles. The SMILES string of the molecule is CNC(c1ccnc(C)n1)c1ncccc1OC. The average molecular weight is 244 g/mol. The van der Waals surface area contributed by atoms with E-state index in [4.69, 9.17) is 4.74 Å². The van der Waals surface area contributed by atoms with Gasteiger partial charge in [0.25, 0.3) is 0 Å². The minimum atomic E-state index is -0.108. The highest BCUT2D eigenvalue weighted by atomic mass is 16.5. The molecule has 0 amide bonds. The lowest BCUT2D eigenvalue weighted by Crippen LogP contribution is -2.21. The molecular formula is C13H16N4O. The van der Waals surface area contributed by atoms with Crippen LogP contribution in [0.25, 0.3) is 0 Å². The molecule has 0 spiro atoms. The molecule has 18 heavy (non-hydrogen) atoms. The Morgan fingerprint density at radius 3 is 2.72 bits per heavy atom. The number of hydrogen-bond donors (Lipinski definition) is 1. The predicted octanol–water partition coefficient (Wildman–Crippen LogP) is 1.50. The van der Waals surface area contributed by atoms with Gasteiger partial charge in [0.1, 0.15) is 17.3 Å². The van der Waals surface area contributed by atoms with E-state index in [2.05, 4.69) is 20.3 Å². The molecule has 1 N–H and O–H groups in total. The summed E-state index contributed by atoms with van der Waals surface area (Å²) in [6, 6.07) is 5.51. The minimum Gasteiger partial charge on any atom is -0.495 e. The van der Waals surface area contributed by atoms with Crippen LogP contribution in [0.5, 0.6) is 5.75 Å². The molecule has 1 unspecified atom stereocenters. The van der Waals surface area contributed by atoms with E-state index in [1.165, 1.54) is 0 Å². The number of aromatic nitrogens is 3. The summed E-state index contributed by atoms with van der Waals surface area (Å²) < 4.78 is 5.33. The first-order chi connectivity index (χ1) is 8.76. The van der Waals surface area contributed by atoms with E-state index in [1.807, 2.05) is 32.2 Å². The number of methoxy groups -OCH3 is 1. The van der Waals surface area contributed by atoms with Crippen LogP contribution in [0.4, 0.5) is 0 Å². The van der Waals surface area contributed by atoms with Crippen LogP contribution in [0.1, 0.15) is 23.3 Å². The van der Waals surface area contributed by atoms with Crippen molar-refractivity contribution in [2.75, 3.05) is 14.2 Å². The zero-order valence-electron chi connectivity index (χ0n) is 10.7. The quantitative estimate of drug-likeness (QED) is 0.883. The van der Waals surface area contributed by atoms with Gasteiger partial charge in [-0.1, -0.05) is 0 Å². The van der Waals surface area contributed by atoms with Crippen molar-refractivity contribution in [1.29, 1.82) is 0 Å². The lowest BCUT2D eigenvalue weighted by atomic mass is 10.1. The Bertz CT molecular complexity index is 530. The van der Waals surface area contributed by atoms with Crippen LogP contribution in [-0.2, 0) is 0 Å². The maximum Gasteiger partial charge on any atom is 0.142 e. The molecule has 0 saturated carbocycles. The van der Waals surface area contributed by atoms with Crippen molar-refractivity contribution in [3.63, 3.8) is 0 Å². The van der Waals surface area contributed by atoms with E-state index in [1.54, 1.807) is 19.5 Å². The predicted molar refractivity (Wildman–Crippen MR) is 68.5 cm³/mol. The Hall–Kier alpha value is -2.01. The normalized spacial score (nSPS) is 12.2. The van der Waals surface area contributed by atoms with Crippen molar-refractivity contribution in [1.82, 2.24) is 20.3 Å². The van der Waals surface area contributed by atoms with Gasteiger partial charge in [0.05, 0.1) is 18.8 Å². The third-order valence-electron chi connectivity index (χ3n) is 2.68. The first kappa shape index (κ1) is 12.4. The lowest BCUT2D eigenvalue weighted by Gasteiger charge is -2.17. The Morgan fingerprint density at radius 2 is 2.06 bits per heavy atom. The molecule has 2 heterocycles. The molecular weight excluding hydrogens is 228 g/mol. The van der Waals surface area contributed by atoms with Crippen molar-refractivity contribution >= 4 is 0 Å². The van der Waals surface area contributed by atoms with Gasteiger partial charge in [0, 0.05) is 12.4 Å². The molecule has 0 aliphatic rings. The number of nitrogens with zero attached hydrogens (tertiary/aromatic N) is 3. The molecule has 1 atom stereocenters. The number of rotatable bonds is 4. The smallest absolute Gasteiger partial charge is 0.142 e. The number of ether oxygens (including phenoxy) is 1. The summed E-state index contributed by atoms with van der Waals surface area (Å²) in [4.78, 5) is 12.9. The van der Waals surface area contributed by atoms with E-state index in [0.29, 0.717) is 0 Å². The molecule has 5 nitrogen and oxygen atoms in total. The van der Waals surface area contributed by atoms with Crippen LogP contribution < -0.4 is 10.1 Å². The van der Waals surface area contributed by atoms with Gasteiger partial charge in [-0.25, -0.2) is 9.97 Å². The number of hydrogen-bond acceptors (Lipinski definition) is 5. The first-order valence-electron chi connectivity index (χ1n) is 5.72. The van der Waals surface area contributed by atoms with E-state index in [-0.39, 0.29) is 6.04 Å². The summed E-state index contributed by atoms with van der Waals surface area (Å²) >= 11 is 0. The van der Waals surface area contributed by atoms with Crippen LogP contribution in [0.3, 0.4) is 0 Å². The zero-order valence-corrected chi connectivity index (χ0v) is 10.7. The van der Waals surface area contributed by atoms with Gasteiger partial charge in [-0.3, -0.25) is 4.98 Å². The molecule has 0 aromatic carbocycles. The zero-order chi connectivity index (χ0) is 13.0. The van der Waals surface area contributed by atoms with E-state index < -0.39 is 0 Å². The van der Waals surface area contributed by atoms with Crippen LogP contribution in [-0.4, -0.2) is 29.1 Å². The fourth-order valence-electron chi connectivity index (χ4n) is 1.85. The summed E-state index contributed by atoms with van der Waals surface area (Å²) in [6.45, 7) is 1.87. The monoisotopic (exact) mass is 244 g/mol. The molecule has 0 aliphatic heterocycles. The Balaban J connectivity index is 2.45. The molecule has 0 radical (unpaired) electrons. The summed E-state index contributed by atoms with van der Waals surface area (Å²) in [6.07, 6.45) is 3.49. The van der Waals surface area contributed by atoms with Gasteiger partial charge < -0.3 is 10.1 Å². The average Bonchev–Trinajstić information content (AvgIpc) is 2.40. The summed E-state index contributed by atoms with van der Waals surface area (Å²) in [5.41, 5.74) is 1.70. The maximum absolute atomic E-state index is 5.33. The Kier molecular flexibility index (Phi) is 3.84. The fourth-order valence-corrected chi connectivity index (χ4v) is 1.85. The number of nitrogens with one attached hydrogen (secondary N) is 1. The van der Waals surface area contributed by atoms with Crippen LogP contribution in [0.2, 0.25) is 0 Å². The second-order valence-corrected chi connectivity index (χ2v) is 3.84. The second kappa shape index (κ2) is 5.55. The van der Waals surface area contributed by atoms with Crippen molar-refractivity contribution in [3.8, 4) is 5.75 Å². The van der Waals surface area contributed by atoms with Gasteiger partial charge in [-0.15, -0.1) is 0 Å². The van der Waals surface area contributed by atoms with Crippen molar-refractivity contribution in [2.45, 2.75) is 13.0 Å². The van der Waals surface area contributed by atoms with Gasteiger partial charge in [-0.2, -0.15) is 0 Å². The highest BCUT2D eigenvalue weighted by Gasteiger charge is 2.19. The summed E-state index contributed by atoms with van der Waals surface area (Å²) in [5, 5.41) is 3.20. The Labute approximate surface area is 106 Å². The number of aryl methyl sites for hydroxylation is 1. The molecule has 2 aromatic heterocycles. The minimum absolute atomic E-state index is 0.108. The topological polar surface area (TPSA) is 59.9 Å². The van der Waals surface area contributed by atoms with Gasteiger partial charge >= 0.3 is 0 Å². The second-order valence-electron chi connectivity index (χ2n) is 3.84. The molecule has 94 valence electrons. The molecule has 0 fully saturated rings. The molecule has 5 heteroatoms. The van der Waals surface area contributed by atoms with Crippen molar-refractivity contribution < 1.29 is 4.74 Å². The van der Waals surface area contributed by atoms with Crippen LogP contribution in [0.15, 0.2) is 30.6 Å². The fraction of sp³-hybridized carbons (Fsp3) is 0.308. The lowest BCUT2D eigenvalue weighted by molar-refractivity contribution is 0.401. The van der Waals surface area contributed by atoms with Crippen LogP contribution in [0, 0.1) is 6.92 Å². The first-order valence-corrected chi connectivity index (χ1v) is 5.72. The maximum atomic E-state index is 5.33. The van der Waals surface area contributed by atoms with E-state index in [0.717, 1.165) is 23.0 Å². The standard InChI is InChI=1S/C13H16N4O/c1-9-15-8-6-10(17-9)12(14-2)13-11(18-3)5-4-7-16-13/h4-8,12,14H,1-3H3. The Morgan fingerprint density at radius 1 is 1.22 bits per heavy atom. The number of pyridine rings is 1. The van der Waals surface area contributed by atoms with E-state index in [9.17, 15) is 0 Å². The summed E-state index contributed by atoms with van der Waals surface area (Å²) in [7, 11) is 3.51. The molecule has 2 aromatic rings. The van der Waals surface area contributed by atoms with Crippen molar-refractivity contribution in [2.24, 2.45) is 0 Å². The van der Waals surface area contributed by atoms with Gasteiger partial charge in [-0.05, 0) is 32.2 Å². The third-order valence-corrected chi connectivity index (χ3v) is 2.68.